The molecule has 2 aromatic heterocycles. The predicted molar refractivity (Wildman–Crippen MR) is 95.3 cm³/mol. The molecule has 0 saturated carbocycles. The van der Waals surface area contributed by atoms with E-state index in [-0.39, 0.29) is 18.0 Å². The summed E-state index contributed by atoms with van der Waals surface area (Å²) in [6.07, 6.45) is 1.56. The molecule has 0 atom stereocenters. The van der Waals surface area contributed by atoms with Crippen molar-refractivity contribution in [3.8, 4) is 10.6 Å². The summed E-state index contributed by atoms with van der Waals surface area (Å²) in [5, 5.41) is 3.59. The predicted octanol–water partition coefficient (Wildman–Crippen LogP) is 3.05. The highest BCUT2D eigenvalue weighted by Crippen LogP contribution is 2.24. The lowest BCUT2D eigenvalue weighted by Crippen LogP contribution is -2.27. The van der Waals surface area contributed by atoms with E-state index < -0.39 is 0 Å². The van der Waals surface area contributed by atoms with Gasteiger partial charge in [-0.15, -0.1) is 11.3 Å². The van der Waals surface area contributed by atoms with Crippen LogP contribution >= 0.6 is 11.3 Å². The first-order chi connectivity index (χ1) is 11.5. The number of hydrogen-bond acceptors (Lipinski definition) is 4. The fraction of sp³-hybridized carbons (Fsp3) is 0.167. The third-order valence-electron chi connectivity index (χ3n) is 3.67. The van der Waals surface area contributed by atoms with Gasteiger partial charge in [0.05, 0.1) is 6.20 Å². The lowest BCUT2D eigenvalue weighted by Gasteiger charge is -2.07. The first-order valence-corrected chi connectivity index (χ1v) is 8.35. The summed E-state index contributed by atoms with van der Waals surface area (Å²) in [6, 6.07) is 11.6. The number of nitrogens with zero attached hydrogens (tertiary/aromatic N) is 1. The summed E-state index contributed by atoms with van der Waals surface area (Å²) in [6.45, 7) is 3.89. The van der Waals surface area contributed by atoms with Crippen molar-refractivity contribution in [2.24, 2.45) is 0 Å². The number of carbonyl (C=O) groups excluding carboxylic acids is 1. The molecule has 2 N–H and O–H groups in total. The van der Waals surface area contributed by atoms with E-state index in [1.807, 2.05) is 50.2 Å². The van der Waals surface area contributed by atoms with Crippen LogP contribution in [0.2, 0.25) is 0 Å². The van der Waals surface area contributed by atoms with Gasteiger partial charge < -0.3 is 10.3 Å². The van der Waals surface area contributed by atoms with Gasteiger partial charge in [0.25, 0.3) is 11.5 Å². The molecular weight excluding hydrogens is 322 g/mol. The third-order valence-corrected chi connectivity index (χ3v) is 4.71. The van der Waals surface area contributed by atoms with Crippen molar-refractivity contribution in [1.29, 1.82) is 0 Å². The number of H-pyrrole nitrogens is 1. The van der Waals surface area contributed by atoms with Crippen molar-refractivity contribution in [1.82, 2.24) is 15.3 Å². The van der Waals surface area contributed by atoms with Crippen LogP contribution in [0, 0.1) is 13.8 Å². The maximum absolute atomic E-state index is 12.3. The van der Waals surface area contributed by atoms with Gasteiger partial charge in [-0.2, -0.15) is 0 Å². The molecule has 2 heterocycles. The van der Waals surface area contributed by atoms with Gasteiger partial charge in [-0.1, -0.05) is 30.3 Å². The Labute approximate surface area is 143 Å². The standard InChI is InChI=1S/C18H17N3O2S/c1-11-8-12(2)21-16(22)14(11)9-19-17(23)15-10-20-18(24-15)13-6-4-3-5-7-13/h3-8,10H,9H2,1-2H3,(H,19,23)(H,21,22). The number of aromatic amines is 1. The minimum atomic E-state index is -0.228. The molecule has 5 nitrogen and oxygen atoms in total. The Morgan fingerprint density at radius 2 is 2.00 bits per heavy atom. The Morgan fingerprint density at radius 1 is 1.25 bits per heavy atom. The number of pyridine rings is 1. The van der Waals surface area contributed by atoms with Crippen molar-refractivity contribution < 1.29 is 4.79 Å². The summed E-state index contributed by atoms with van der Waals surface area (Å²) >= 11 is 1.33. The highest BCUT2D eigenvalue weighted by molar-refractivity contribution is 7.16. The SMILES string of the molecule is Cc1cc(C)c(CNC(=O)c2cnc(-c3ccccc3)s2)c(=O)[nH]1. The fourth-order valence-electron chi connectivity index (χ4n) is 2.45. The molecule has 0 bridgehead atoms. The minimum absolute atomic E-state index is 0.165. The van der Waals surface area contributed by atoms with Gasteiger partial charge in [-0.25, -0.2) is 4.98 Å². The third kappa shape index (κ3) is 3.44. The van der Waals surface area contributed by atoms with Crippen LogP contribution in [0.15, 0.2) is 47.4 Å². The average Bonchev–Trinajstić information content (AvgIpc) is 3.04. The van der Waals surface area contributed by atoms with Gasteiger partial charge in [-0.3, -0.25) is 9.59 Å². The summed E-state index contributed by atoms with van der Waals surface area (Å²) in [5.74, 6) is -0.228. The molecule has 0 saturated heterocycles. The quantitative estimate of drug-likeness (QED) is 0.767. The normalized spacial score (nSPS) is 10.6. The van der Waals surface area contributed by atoms with E-state index in [0.717, 1.165) is 21.8 Å². The number of hydrogen-bond donors (Lipinski definition) is 2. The molecule has 3 rings (SSSR count). The number of aromatic nitrogens is 2. The molecule has 0 fully saturated rings. The molecule has 0 radical (unpaired) electrons. The lowest BCUT2D eigenvalue weighted by molar-refractivity contribution is 0.0954. The van der Waals surface area contributed by atoms with Crippen LogP contribution in [0.4, 0.5) is 0 Å². The summed E-state index contributed by atoms with van der Waals surface area (Å²) in [7, 11) is 0. The molecule has 1 aromatic carbocycles. The van der Waals surface area contributed by atoms with Gasteiger partial charge >= 0.3 is 0 Å². The van der Waals surface area contributed by atoms with E-state index in [0.29, 0.717) is 10.4 Å². The van der Waals surface area contributed by atoms with Crippen molar-refractivity contribution in [3.05, 3.63) is 74.6 Å². The zero-order chi connectivity index (χ0) is 17.1. The van der Waals surface area contributed by atoms with Crippen LogP contribution < -0.4 is 10.9 Å². The molecule has 0 aliphatic carbocycles. The second-order valence-electron chi connectivity index (χ2n) is 5.52. The minimum Gasteiger partial charge on any atom is -0.347 e. The first-order valence-electron chi connectivity index (χ1n) is 7.53. The van der Waals surface area contributed by atoms with Crippen molar-refractivity contribution in [2.75, 3.05) is 0 Å². The van der Waals surface area contributed by atoms with Gasteiger partial charge in [0.2, 0.25) is 0 Å². The van der Waals surface area contributed by atoms with Crippen molar-refractivity contribution in [3.63, 3.8) is 0 Å². The average molecular weight is 339 g/mol. The summed E-state index contributed by atoms with van der Waals surface area (Å²) in [4.78, 5) is 31.9. The maximum atomic E-state index is 12.3. The van der Waals surface area contributed by atoms with Crippen LogP contribution in [-0.2, 0) is 6.54 Å². The molecule has 122 valence electrons. The Hall–Kier alpha value is -2.73. The number of aryl methyl sites for hydroxylation is 2. The van der Waals surface area contributed by atoms with Gasteiger partial charge in [0.1, 0.15) is 9.88 Å². The molecular formula is C18H17N3O2S. The molecule has 1 amide bonds. The highest BCUT2D eigenvalue weighted by Gasteiger charge is 2.13. The highest BCUT2D eigenvalue weighted by atomic mass is 32.1. The molecule has 0 aliphatic rings. The van der Waals surface area contributed by atoms with E-state index in [2.05, 4.69) is 15.3 Å². The largest absolute Gasteiger partial charge is 0.347 e. The van der Waals surface area contributed by atoms with Gasteiger partial charge in [0.15, 0.2) is 0 Å². The Balaban J connectivity index is 1.73. The van der Waals surface area contributed by atoms with E-state index in [4.69, 9.17) is 0 Å². The topological polar surface area (TPSA) is 74.8 Å². The van der Waals surface area contributed by atoms with E-state index >= 15 is 0 Å². The number of carbonyl (C=O) groups is 1. The number of rotatable bonds is 4. The van der Waals surface area contributed by atoms with Gasteiger partial charge in [0, 0.05) is 23.4 Å². The molecule has 6 heteroatoms. The Kier molecular flexibility index (Phi) is 4.57. The molecule has 3 aromatic rings. The lowest BCUT2D eigenvalue weighted by atomic mass is 10.1. The van der Waals surface area contributed by atoms with E-state index in [1.54, 1.807) is 6.20 Å². The number of amides is 1. The van der Waals surface area contributed by atoms with Crippen LogP contribution in [0.3, 0.4) is 0 Å². The number of nitrogens with one attached hydrogen (secondary N) is 2. The van der Waals surface area contributed by atoms with Crippen LogP contribution in [0.25, 0.3) is 10.6 Å². The zero-order valence-corrected chi connectivity index (χ0v) is 14.2. The monoisotopic (exact) mass is 339 g/mol. The van der Waals surface area contributed by atoms with E-state index in [1.165, 1.54) is 11.3 Å². The summed E-state index contributed by atoms with van der Waals surface area (Å²) < 4.78 is 0. The van der Waals surface area contributed by atoms with Crippen molar-refractivity contribution in [2.45, 2.75) is 20.4 Å². The van der Waals surface area contributed by atoms with Crippen LogP contribution in [0.1, 0.15) is 26.5 Å². The second kappa shape index (κ2) is 6.80. The molecule has 0 spiro atoms. The first kappa shape index (κ1) is 16.1. The van der Waals surface area contributed by atoms with Gasteiger partial charge in [-0.05, 0) is 25.5 Å². The number of thiazole rings is 1. The molecule has 24 heavy (non-hydrogen) atoms. The van der Waals surface area contributed by atoms with Crippen LogP contribution in [-0.4, -0.2) is 15.9 Å². The van der Waals surface area contributed by atoms with Crippen LogP contribution in [0.5, 0.6) is 0 Å². The summed E-state index contributed by atoms with van der Waals surface area (Å²) in [5.41, 5.74) is 3.06. The second-order valence-corrected chi connectivity index (χ2v) is 6.55. The molecule has 0 aliphatic heterocycles. The van der Waals surface area contributed by atoms with E-state index in [9.17, 15) is 9.59 Å². The maximum Gasteiger partial charge on any atom is 0.263 e. The fourth-order valence-corrected chi connectivity index (χ4v) is 3.29. The zero-order valence-electron chi connectivity index (χ0n) is 13.4. The Morgan fingerprint density at radius 3 is 2.71 bits per heavy atom. The van der Waals surface area contributed by atoms with Crippen molar-refractivity contribution >= 4 is 17.2 Å². The number of benzene rings is 1. The molecule has 0 unspecified atom stereocenters. The smallest absolute Gasteiger partial charge is 0.263 e. The Bertz CT molecular complexity index is 929.